The normalized spacial score (nSPS) is 16.7. The predicted octanol–water partition coefficient (Wildman–Crippen LogP) is 4.52. The molecule has 3 rings (SSSR count). The first-order valence-corrected chi connectivity index (χ1v) is 9.60. The highest BCUT2D eigenvalue weighted by atomic mass is 19.1. The van der Waals surface area contributed by atoms with Crippen molar-refractivity contribution in [1.82, 2.24) is 4.90 Å². The van der Waals surface area contributed by atoms with Gasteiger partial charge in [0.25, 0.3) is 5.91 Å². The van der Waals surface area contributed by atoms with Crippen LogP contribution in [0.15, 0.2) is 65.9 Å². The molecule has 0 fully saturated rings. The number of carbonyl (C=O) groups excluding carboxylic acids is 2. The molecular formula is C23H24FNO3. The molecule has 1 heterocycles. The van der Waals surface area contributed by atoms with E-state index in [9.17, 15) is 19.1 Å². The summed E-state index contributed by atoms with van der Waals surface area (Å²) in [5.74, 6) is -1.99. The van der Waals surface area contributed by atoms with Gasteiger partial charge in [0, 0.05) is 18.5 Å². The van der Waals surface area contributed by atoms with Crippen molar-refractivity contribution in [2.75, 3.05) is 6.54 Å². The van der Waals surface area contributed by atoms with Gasteiger partial charge in [0.15, 0.2) is 11.5 Å². The number of hydrogen-bond acceptors (Lipinski definition) is 3. The van der Waals surface area contributed by atoms with Crippen molar-refractivity contribution in [1.29, 1.82) is 0 Å². The van der Waals surface area contributed by atoms with Gasteiger partial charge < -0.3 is 10.0 Å². The predicted molar refractivity (Wildman–Crippen MR) is 105 cm³/mol. The third-order valence-corrected chi connectivity index (χ3v) is 5.04. The fourth-order valence-electron chi connectivity index (χ4n) is 3.55. The van der Waals surface area contributed by atoms with Crippen LogP contribution in [0.1, 0.15) is 43.4 Å². The van der Waals surface area contributed by atoms with Crippen LogP contribution in [0.4, 0.5) is 4.39 Å². The number of aliphatic hydroxyl groups excluding tert-OH is 1. The van der Waals surface area contributed by atoms with E-state index in [1.807, 2.05) is 37.3 Å². The second kappa shape index (κ2) is 8.83. The Morgan fingerprint density at radius 2 is 1.79 bits per heavy atom. The summed E-state index contributed by atoms with van der Waals surface area (Å²) < 4.78 is 14.5. The summed E-state index contributed by atoms with van der Waals surface area (Å²) in [6.07, 6.45) is 2.17. The number of halogens is 1. The summed E-state index contributed by atoms with van der Waals surface area (Å²) in [5, 5.41) is 10.5. The fourth-order valence-corrected chi connectivity index (χ4v) is 3.55. The van der Waals surface area contributed by atoms with Crippen LogP contribution in [-0.2, 0) is 16.0 Å². The number of aliphatic hydroxyl groups is 1. The van der Waals surface area contributed by atoms with Gasteiger partial charge >= 0.3 is 0 Å². The number of nitrogens with zero attached hydrogens (tertiary/aromatic N) is 1. The highest BCUT2D eigenvalue weighted by molar-refractivity contribution is 6.09. The van der Waals surface area contributed by atoms with E-state index in [1.54, 1.807) is 18.2 Å². The lowest BCUT2D eigenvalue weighted by molar-refractivity contribution is -0.129. The first kappa shape index (κ1) is 19.8. The van der Waals surface area contributed by atoms with Gasteiger partial charge in [0.05, 0.1) is 11.6 Å². The van der Waals surface area contributed by atoms with Gasteiger partial charge in [-0.3, -0.25) is 9.59 Å². The first-order valence-electron chi connectivity index (χ1n) is 9.60. The minimum atomic E-state index is -0.886. The molecule has 1 amide bonds. The van der Waals surface area contributed by atoms with Crippen molar-refractivity contribution < 1.29 is 19.1 Å². The Bertz CT molecular complexity index is 892. The molecule has 2 aromatic rings. The number of amides is 1. The summed E-state index contributed by atoms with van der Waals surface area (Å²) in [6.45, 7) is 2.34. The molecule has 1 aliphatic heterocycles. The largest absolute Gasteiger partial charge is 0.503 e. The van der Waals surface area contributed by atoms with E-state index in [0.29, 0.717) is 19.4 Å². The molecule has 1 atom stereocenters. The Hall–Kier alpha value is -2.95. The third kappa shape index (κ3) is 3.98. The lowest BCUT2D eigenvalue weighted by Crippen LogP contribution is -2.32. The quantitative estimate of drug-likeness (QED) is 0.731. The third-order valence-electron chi connectivity index (χ3n) is 5.04. The average Bonchev–Trinajstić information content (AvgIpc) is 2.96. The number of Topliss-reactive ketones (excluding diaryl/α,β-unsaturated/α-hetero) is 1. The molecule has 0 spiro atoms. The fraction of sp³-hybridized carbons (Fsp3) is 0.304. The number of aryl methyl sites for hydroxylation is 1. The van der Waals surface area contributed by atoms with E-state index in [4.69, 9.17) is 0 Å². The van der Waals surface area contributed by atoms with Gasteiger partial charge in [-0.15, -0.1) is 0 Å². The van der Waals surface area contributed by atoms with Crippen LogP contribution in [0, 0.1) is 5.82 Å². The lowest BCUT2D eigenvalue weighted by atomic mass is 9.93. The maximum absolute atomic E-state index is 14.5. The molecule has 0 aliphatic carbocycles. The summed E-state index contributed by atoms with van der Waals surface area (Å²) >= 11 is 0. The molecule has 0 saturated heterocycles. The molecule has 0 radical (unpaired) electrons. The standard InChI is InChI=1S/C23H24FNO3/c1-2-3-15-25-21(17-11-7-8-12-18(17)24)20(22(27)23(25)28)19(26)14-13-16-9-5-4-6-10-16/h4-12,21,27H,2-3,13-15H2,1H3. The Kier molecular flexibility index (Phi) is 6.24. The van der Waals surface area contributed by atoms with Crippen LogP contribution in [0.5, 0.6) is 0 Å². The minimum Gasteiger partial charge on any atom is -0.503 e. The Morgan fingerprint density at radius 3 is 2.46 bits per heavy atom. The van der Waals surface area contributed by atoms with Gasteiger partial charge in [-0.1, -0.05) is 61.9 Å². The molecule has 5 heteroatoms. The van der Waals surface area contributed by atoms with Crippen LogP contribution >= 0.6 is 0 Å². The zero-order valence-electron chi connectivity index (χ0n) is 15.9. The summed E-state index contributed by atoms with van der Waals surface area (Å²) in [5.41, 5.74) is 1.23. The Labute approximate surface area is 164 Å². The molecule has 146 valence electrons. The van der Waals surface area contributed by atoms with E-state index >= 15 is 0 Å². The van der Waals surface area contributed by atoms with E-state index in [1.165, 1.54) is 11.0 Å². The second-order valence-corrected chi connectivity index (χ2v) is 6.95. The lowest BCUT2D eigenvalue weighted by Gasteiger charge is -2.27. The zero-order valence-corrected chi connectivity index (χ0v) is 15.9. The van der Waals surface area contributed by atoms with Gasteiger partial charge in [-0.25, -0.2) is 4.39 Å². The second-order valence-electron chi connectivity index (χ2n) is 6.95. The molecule has 0 bridgehead atoms. The van der Waals surface area contributed by atoms with Gasteiger partial charge in [0.1, 0.15) is 5.82 Å². The molecule has 0 aromatic heterocycles. The maximum Gasteiger partial charge on any atom is 0.290 e. The minimum absolute atomic E-state index is 0.00198. The first-order chi connectivity index (χ1) is 13.5. The summed E-state index contributed by atoms with van der Waals surface area (Å²) in [6, 6.07) is 14.7. The molecule has 28 heavy (non-hydrogen) atoms. The van der Waals surface area contributed by atoms with Crippen molar-refractivity contribution in [3.63, 3.8) is 0 Å². The molecule has 1 aliphatic rings. The maximum atomic E-state index is 14.5. The number of ketones is 1. The van der Waals surface area contributed by atoms with E-state index in [0.717, 1.165) is 12.0 Å². The van der Waals surface area contributed by atoms with E-state index in [2.05, 4.69) is 0 Å². The van der Waals surface area contributed by atoms with Crippen molar-refractivity contribution in [3.8, 4) is 0 Å². The van der Waals surface area contributed by atoms with Crippen LogP contribution in [0.2, 0.25) is 0 Å². The summed E-state index contributed by atoms with van der Waals surface area (Å²) in [7, 11) is 0. The van der Waals surface area contributed by atoms with Gasteiger partial charge in [-0.05, 0) is 24.5 Å². The highest BCUT2D eigenvalue weighted by Crippen LogP contribution is 2.39. The summed E-state index contributed by atoms with van der Waals surface area (Å²) in [4.78, 5) is 27.0. The van der Waals surface area contributed by atoms with Crippen LogP contribution in [0.3, 0.4) is 0 Å². The van der Waals surface area contributed by atoms with E-state index in [-0.39, 0.29) is 23.3 Å². The Morgan fingerprint density at radius 1 is 1.11 bits per heavy atom. The Balaban J connectivity index is 1.92. The van der Waals surface area contributed by atoms with Crippen molar-refractivity contribution in [3.05, 3.63) is 82.9 Å². The van der Waals surface area contributed by atoms with E-state index < -0.39 is 23.5 Å². The van der Waals surface area contributed by atoms with Gasteiger partial charge in [0.2, 0.25) is 0 Å². The van der Waals surface area contributed by atoms with Crippen LogP contribution in [-0.4, -0.2) is 28.2 Å². The highest BCUT2D eigenvalue weighted by Gasteiger charge is 2.43. The number of unbranched alkanes of at least 4 members (excludes halogenated alkanes) is 1. The molecule has 2 aromatic carbocycles. The monoisotopic (exact) mass is 381 g/mol. The smallest absolute Gasteiger partial charge is 0.290 e. The number of rotatable bonds is 8. The molecule has 4 nitrogen and oxygen atoms in total. The zero-order chi connectivity index (χ0) is 20.1. The van der Waals surface area contributed by atoms with Gasteiger partial charge in [-0.2, -0.15) is 0 Å². The van der Waals surface area contributed by atoms with Crippen LogP contribution in [0.25, 0.3) is 0 Å². The SMILES string of the molecule is CCCCN1C(=O)C(O)=C(C(=O)CCc2ccccc2)C1c1ccccc1F. The molecule has 1 N–H and O–H groups in total. The molecule has 1 unspecified atom stereocenters. The van der Waals surface area contributed by atoms with Crippen LogP contribution < -0.4 is 0 Å². The van der Waals surface area contributed by atoms with Crippen molar-refractivity contribution in [2.45, 2.75) is 38.6 Å². The molecule has 0 saturated carbocycles. The number of hydrogen-bond donors (Lipinski definition) is 1. The number of carbonyl (C=O) groups is 2. The number of benzene rings is 2. The topological polar surface area (TPSA) is 57.6 Å². The molecular weight excluding hydrogens is 357 g/mol. The average molecular weight is 381 g/mol. The van der Waals surface area contributed by atoms with Crippen molar-refractivity contribution in [2.24, 2.45) is 0 Å². The van der Waals surface area contributed by atoms with Crippen molar-refractivity contribution >= 4 is 11.7 Å².